The minimum atomic E-state index is -4.62. The van der Waals surface area contributed by atoms with Gasteiger partial charge in [0.25, 0.3) is 0 Å². The second-order valence-electron chi connectivity index (χ2n) is 6.01. The van der Waals surface area contributed by atoms with Gasteiger partial charge in [-0.15, -0.1) is 0 Å². The number of hydrogen-bond donors (Lipinski definition) is 0. The Morgan fingerprint density at radius 2 is 1.56 bits per heavy atom. The monoisotopic (exact) mass is 378 g/mol. The topological polar surface area (TPSA) is 40.6 Å². The molecule has 2 aromatic rings. The molecule has 2 amide bonds. The van der Waals surface area contributed by atoms with E-state index < -0.39 is 30.1 Å². The number of benzene rings is 2. The fourth-order valence-electron chi connectivity index (χ4n) is 2.73. The number of rotatable bonds is 6. The van der Waals surface area contributed by atoms with E-state index >= 15 is 0 Å². The highest BCUT2D eigenvalue weighted by molar-refractivity contribution is 5.98. The molecule has 0 fully saturated rings. The molecule has 0 saturated heterocycles. The quantitative estimate of drug-likeness (QED) is 0.759. The SMILES string of the molecule is CCN(Cc1ccccc1)C(=O)CN(C(C)=O)c1ccccc1C(F)(F)F. The molecule has 0 spiro atoms. The molecular weight excluding hydrogens is 357 g/mol. The van der Waals surface area contributed by atoms with E-state index in [1.807, 2.05) is 30.3 Å². The maximum atomic E-state index is 13.3. The lowest BCUT2D eigenvalue weighted by atomic mass is 10.1. The van der Waals surface area contributed by atoms with Crippen molar-refractivity contribution >= 4 is 17.5 Å². The first-order valence-electron chi connectivity index (χ1n) is 8.50. The van der Waals surface area contributed by atoms with Gasteiger partial charge < -0.3 is 9.80 Å². The molecule has 0 atom stereocenters. The van der Waals surface area contributed by atoms with Gasteiger partial charge in [0.05, 0.1) is 11.3 Å². The molecule has 0 saturated carbocycles. The molecule has 0 N–H and O–H groups in total. The minimum Gasteiger partial charge on any atom is -0.337 e. The van der Waals surface area contributed by atoms with Gasteiger partial charge in [-0.3, -0.25) is 9.59 Å². The van der Waals surface area contributed by atoms with Crippen LogP contribution in [0, 0.1) is 0 Å². The van der Waals surface area contributed by atoms with Gasteiger partial charge in [0.1, 0.15) is 6.54 Å². The number of para-hydroxylation sites is 1. The second kappa shape index (κ2) is 8.70. The highest BCUT2D eigenvalue weighted by Crippen LogP contribution is 2.36. The van der Waals surface area contributed by atoms with Crippen LogP contribution < -0.4 is 4.90 Å². The zero-order valence-electron chi connectivity index (χ0n) is 15.2. The summed E-state index contributed by atoms with van der Waals surface area (Å²) >= 11 is 0. The van der Waals surface area contributed by atoms with Crippen LogP contribution in [0.4, 0.5) is 18.9 Å². The lowest BCUT2D eigenvalue weighted by Crippen LogP contribution is -2.42. The number of hydrogen-bond acceptors (Lipinski definition) is 2. The van der Waals surface area contributed by atoms with Crippen molar-refractivity contribution in [2.75, 3.05) is 18.0 Å². The van der Waals surface area contributed by atoms with E-state index in [2.05, 4.69) is 0 Å². The fraction of sp³-hybridized carbons (Fsp3) is 0.300. The highest BCUT2D eigenvalue weighted by atomic mass is 19.4. The second-order valence-corrected chi connectivity index (χ2v) is 6.01. The third-order valence-corrected chi connectivity index (χ3v) is 4.12. The first kappa shape index (κ1) is 20.5. The third-order valence-electron chi connectivity index (χ3n) is 4.12. The molecule has 27 heavy (non-hydrogen) atoms. The zero-order chi connectivity index (χ0) is 20.0. The molecule has 4 nitrogen and oxygen atoms in total. The third kappa shape index (κ3) is 5.32. The van der Waals surface area contributed by atoms with Crippen LogP contribution in [0.3, 0.4) is 0 Å². The summed E-state index contributed by atoms with van der Waals surface area (Å²) in [6, 6.07) is 14.0. The summed E-state index contributed by atoms with van der Waals surface area (Å²) in [5, 5.41) is 0. The van der Waals surface area contributed by atoms with Crippen LogP contribution in [0.25, 0.3) is 0 Å². The van der Waals surface area contributed by atoms with Crippen molar-refractivity contribution in [1.82, 2.24) is 4.90 Å². The van der Waals surface area contributed by atoms with E-state index in [1.54, 1.807) is 6.92 Å². The van der Waals surface area contributed by atoms with E-state index in [4.69, 9.17) is 0 Å². The number of carbonyl (C=O) groups is 2. The average molecular weight is 378 g/mol. The van der Waals surface area contributed by atoms with Crippen molar-refractivity contribution < 1.29 is 22.8 Å². The summed E-state index contributed by atoms with van der Waals surface area (Å²) in [5.41, 5.74) is -0.363. The molecular formula is C20H21F3N2O2. The molecule has 0 aliphatic carbocycles. The van der Waals surface area contributed by atoms with Gasteiger partial charge in [0, 0.05) is 20.0 Å². The average Bonchev–Trinajstić information content (AvgIpc) is 2.64. The van der Waals surface area contributed by atoms with Gasteiger partial charge in [0.15, 0.2) is 0 Å². The maximum Gasteiger partial charge on any atom is 0.418 e. The Morgan fingerprint density at radius 1 is 0.963 bits per heavy atom. The number of halogens is 3. The standard InChI is InChI=1S/C20H21F3N2O2/c1-3-24(13-16-9-5-4-6-10-16)19(27)14-25(15(2)26)18-12-8-7-11-17(18)20(21,22)23/h4-12H,3,13-14H2,1-2H3. The lowest BCUT2D eigenvalue weighted by Gasteiger charge is -2.28. The summed E-state index contributed by atoms with van der Waals surface area (Å²) in [4.78, 5) is 27.1. The lowest BCUT2D eigenvalue weighted by molar-refractivity contribution is -0.137. The van der Waals surface area contributed by atoms with Crippen molar-refractivity contribution in [1.29, 1.82) is 0 Å². The van der Waals surface area contributed by atoms with E-state index in [1.165, 1.54) is 23.1 Å². The molecule has 0 aliphatic rings. The Labute approximate surface area is 156 Å². The molecule has 144 valence electrons. The fourth-order valence-corrected chi connectivity index (χ4v) is 2.73. The van der Waals surface area contributed by atoms with Gasteiger partial charge in [-0.05, 0) is 24.6 Å². The van der Waals surface area contributed by atoms with Gasteiger partial charge in [-0.25, -0.2) is 0 Å². The van der Waals surface area contributed by atoms with Crippen LogP contribution >= 0.6 is 0 Å². The van der Waals surface area contributed by atoms with E-state index in [0.717, 1.165) is 23.5 Å². The van der Waals surface area contributed by atoms with Crippen LogP contribution in [-0.2, 0) is 22.3 Å². The Bertz CT molecular complexity index is 791. The van der Waals surface area contributed by atoms with Crippen molar-refractivity contribution in [3.05, 3.63) is 65.7 Å². The largest absolute Gasteiger partial charge is 0.418 e. The molecule has 0 bridgehead atoms. The molecule has 2 rings (SSSR count). The Morgan fingerprint density at radius 3 is 2.11 bits per heavy atom. The van der Waals surface area contributed by atoms with Gasteiger partial charge >= 0.3 is 6.18 Å². The molecule has 0 aliphatic heterocycles. The first-order chi connectivity index (χ1) is 12.7. The van der Waals surface area contributed by atoms with Crippen LogP contribution in [0.2, 0.25) is 0 Å². The molecule has 0 aromatic heterocycles. The number of likely N-dealkylation sites (N-methyl/N-ethyl adjacent to an activating group) is 1. The number of amides is 2. The predicted octanol–water partition coefficient (Wildman–Crippen LogP) is 4.11. The maximum absolute atomic E-state index is 13.3. The van der Waals surface area contributed by atoms with E-state index in [0.29, 0.717) is 13.1 Å². The summed E-state index contributed by atoms with van der Waals surface area (Å²) < 4.78 is 39.9. The van der Waals surface area contributed by atoms with Gasteiger partial charge in [-0.1, -0.05) is 42.5 Å². The summed E-state index contributed by atoms with van der Waals surface area (Å²) in [6.45, 7) is 3.17. The normalized spacial score (nSPS) is 11.1. The zero-order valence-corrected chi connectivity index (χ0v) is 15.2. The summed E-state index contributed by atoms with van der Waals surface area (Å²) in [7, 11) is 0. The predicted molar refractivity (Wildman–Crippen MR) is 97.0 cm³/mol. The van der Waals surface area contributed by atoms with Crippen LogP contribution in [-0.4, -0.2) is 29.8 Å². The molecule has 7 heteroatoms. The summed E-state index contributed by atoms with van der Waals surface area (Å²) in [6.07, 6.45) is -4.62. The molecule has 2 aromatic carbocycles. The molecule has 0 radical (unpaired) electrons. The number of nitrogens with zero attached hydrogens (tertiary/aromatic N) is 2. The number of anilines is 1. The van der Waals surface area contributed by atoms with Crippen molar-refractivity contribution in [2.24, 2.45) is 0 Å². The van der Waals surface area contributed by atoms with Crippen LogP contribution in [0.1, 0.15) is 25.0 Å². The first-order valence-corrected chi connectivity index (χ1v) is 8.50. The Hall–Kier alpha value is -2.83. The van der Waals surface area contributed by atoms with E-state index in [-0.39, 0.29) is 5.69 Å². The molecule has 0 heterocycles. The highest BCUT2D eigenvalue weighted by Gasteiger charge is 2.36. The number of alkyl halides is 3. The Kier molecular flexibility index (Phi) is 6.60. The van der Waals surface area contributed by atoms with E-state index in [9.17, 15) is 22.8 Å². The number of carbonyl (C=O) groups excluding carboxylic acids is 2. The smallest absolute Gasteiger partial charge is 0.337 e. The Balaban J connectivity index is 2.26. The van der Waals surface area contributed by atoms with Crippen molar-refractivity contribution in [3.63, 3.8) is 0 Å². The van der Waals surface area contributed by atoms with Crippen LogP contribution in [0.15, 0.2) is 54.6 Å². The van der Waals surface area contributed by atoms with Crippen LogP contribution in [0.5, 0.6) is 0 Å². The van der Waals surface area contributed by atoms with Gasteiger partial charge in [0.2, 0.25) is 11.8 Å². The summed E-state index contributed by atoms with van der Waals surface area (Å²) in [5.74, 6) is -1.05. The van der Waals surface area contributed by atoms with Gasteiger partial charge in [-0.2, -0.15) is 13.2 Å². The molecule has 0 unspecified atom stereocenters. The van der Waals surface area contributed by atoms with Crippen molar-refractivity contribution in [3.8, 4) is 0 Å². The van der Waals surface area contributed by atoms with Crippen molar-refractivity contribution in [2.45, 2.75) is 26.6 Å². The minimum absolute atomic E-state index is 0.318.